The first-order valence-electron chi connectivity index (χ1n) is 23.3. The summed E-state index contributed by atoms with van der Waals surface area (Å²) in [6, 6.07) is 81.0. The molecule has 0 spiro atoms. The fraction of sp³-hybridized carbons (Fsp3) is 0.0159. The monoisotopic (exact) mass is 884 g/mol. The van der Waals surface area contributed by atoms with Crippen LogP contribution in [0.2, 0.25) is 0 Å². The summed E-state index contributed by atoms with van der Waals surface area (Å²) >= 11 is 0. The number of benzene rings is 10. The summed E-state index contributed by atoms with van der Waals surface area (Å²) in [6.07, 6.45) is -0.513. The first kappa shape index (κ1) is 39.0. The van der Waals surface area contributed by atoms with Gasteiger partial charge in [-0.2, -0.15) is 0 Å². The highest BCUT2D eigenvalue weighted by Gasteiger charge is 2.28. The van der Waals surface area contributed by atoms with Crippen LogP contribution in [0.5, 0.6) is 0 Å². The molecule has 10 aromatic carbocycles. The van der Waals surface area contributed by atoms with Crippen molar-refractivity contribution >= 4 is 77.4 Å². The Kier molecular flexibility index (Phi) is 8.86. The minimum absolute atomic E-state index is 0.513. The second kappa shape index (κ2) is 15.7. The molecule has 0 saturated carbocycles. The molecule has 1 aliphatic heterocycles. The minimum atomic E-state index is -0.513. The first-order chi connectivity index (χ1) is 34.2. The molecule has 324 valence electrons. The second-order valence-electron chi connectivity index (χ2n) is 17.7. The largest absolute Gasteiger partial charge is 0.456 e. The van der Waals surface area contributed by atoms with Crippen LogP contribution in [-0.4, -0.2) is 16.2 Å². The standard InChI is InChI=1S/C63H40N4O2/c1-5-16-39(17-6-1)43-29-34-53-51(36-43)52-37-44(40-18-7-2-8-19-40)30-35-54(52)67(53)55-26-15-25-48-49-32-33-50(63-65-61(41-20-9-3-10-21-41)64-62(66-63)42-22-11-4-12-23-42)58(60(49)69-59(48)55)45-28-31-47-46-24-13-14-27-56(46)68-57(47)38-45/h1-38,63H,(H,64,65,66). The van der Waals surface area contributed by atoms with E-state index in [2.05, 4.69) is 192 Å². The number of amidine groups is 2. The Bertz CT molecular complexity index is 4110. The molecule has 0 bridgehead atoms. The molecule has 3 aromatic heterocycles. The van der Waals surface area contributed by atoms with Gasteiger partial charge in [0.25, 0.3) is 0 Å². The van der Waals surface area contributed by atoms with Crippen molar-refractivity contribution in [2.24, 2.45) is 9.98 Å². The Morgan fingerprint density at radius 2 is 0.928 bits per heavy atom. The van der Waals surface area contributed by atoms with E-state index in [0.29, 0.717) is 5.84 Å². The van der Waals surface area contributed by atoms with Crippen LogP contribution < -0.4 is 5.32 Å². The van der Waals surface area contributed by atoms with E-state index >= 15 is 0 Å². The first-order valence-corrected chi connectivity index (χ1v) is 23.3. The van der Waals surface area contributed by atoms with Gasteiger partial charge in [-0.05, 0) is 76.3 Å². The predicted molar refractivity (Wildman–Crippen MR) is 283 cm³/mol. The van der Waals surface area contributed by atoms with E-state index in [1.807, 2.05) is 48.5 Å². The van der Waals surface area contributed by atoms with Crippen molar-refractivity contribution in [3.05, 3.63) is 247 Å². The lowest BCUT2D eigenvalue weighted by Crippen LogP contribution is -2.33. The van der Waals surface area contributed by atoms with E-state index in [9.17, 15) is 0 Å². The van der Waals surface area contributed by atoms with E-state index < -0.39 is 6.17 Å². The predicted octanol–water partition coefficient (Wildman–Crippen LogP) is 16.1. The van der Waals surface area contributed by atoms with Crippen LogP contribution in [0.4, 0.5) is 0 Å². The van der Waals surface area contributed by atoms with Gasteiger partial charge in [-0.15, -0.1) is 0 Å². The number of rotatable bonds is 7. The van der Waals surface area contributed by atoms with Crippen LogP contribution in [0.1, 0.15) is 22.9 Å². The van der Waals surface area contributed by atoms with Gasteiger partial charge in [-0.1, -0.05) is 182 Å². The number of nitrogens with zero attached hydrogens (tertiary/aromatic N) is 3. The lowest BCUT2D eigenvalue weighted by atomic mass is 9.94. The quantitative estimate of drug-likeness (QED) is 0.173. The van der Waals surface area contributed by atoms with Crippen molar-refractivity contribution in [1.82, 2.24) is 9.88 Å². The average Bonchev–Trinajstić information content (AvgIpc) is 4.10. The third kappa shape index (κ3) is 6.41. The molecule has 6 heteroatoms. The van der Waals surface area contributed by atoms with Crippen LogP contribution in [0.25, 0.3) is 105 Å². The zero-order valence-electron chi connectivity index (χ0n) is 37.2. The Morgan fingerprint density at radius 3 is 1.61 bits per heavy atom. The van der Waals surface area contributed by atoms with Gasteiger partial charge in [0.15, 0.2) is 11.4 Å². The fourth-order valence-corrected chi connectivity index (χ4v) is 10.4. The fourth-order valence-electron chi connectivity index (χ4n) is 10.4. The molecule has 0 saturated heterocycles. The Labute approximate surface area is 396 Å². The molecule has 1 unspecified atom stereocenters. The van der Waals surface area contributed by atoms with Crippen LogP contribution in [0.3, 0.4) is 0 Å². The Morgan fingerprint density at radius 1 is 0.377 bits per heavy atom. The number of aromatic nitrogens is 1. The molecule has 1 aliphatic rings. The SMILES string of the molecule is c1ccc(C2=NC(c3ccc4c(oc5c(-n6c7ccc(-c8ccccc8)cc7c7cc(-c8ccccc8)ccc76)cccc54)c3-c3ccc4c(c3)oc3ccccc34)NC(c3ccccc3)=N2)cc1. The van der Waals surface area contributed by atoms with E-state index in [-0.39, 0.29) is 0 Å². The van der Waals surface area contributed by atoms with Crippen molar-refractivity contribution in [2.45, 2.75) is 6.17 Å². The van der Waals surface area contributed by atoms with Gasteiger partial charge < -0.3 is 18.7 Å². The maximum Gasteiger partial charge on any atom is 0.159 e. The average molecular weight is 885 g/mol. The van der Waals surface area contributed by atoms with Crippen molar-refractivity contribution in [3.63, 3.8) is 0 Å². The number of fused-ring (bicyclic) bond motifs is 9. The summed E-state index contributed by atoms with van der Waals surface area (Å²) in [4.78, 5) is 10.5. The summed E-state index contributed by atoms with van der Waals surface area (Å²) in [7, 11) is 0. The molecule has 0 fully saturated rings. The summed E-state index contributed by atoms with van der Waals surface area (Å²) in [6.45, 7) is 0. The summed E-state index contributed by atoms with van der Waals surface area (Å²) in [5, 5.41) is 10.3. The molecule has 4 heterocycles. The van der Waals surface area contributed by atoms with Crippen LogP contribution >= 0.6 is 0 Å². The van der Waals surface area contributed by atoms with Crippen LogP contribution in [0.15, 0.2) is 249 Å². The Hall–Kier alpha value is -9.26. The van der Waals surface area contributed by atoms with Crippen LogP contribution in [0, 0.1) is 0 Å². The molecule has 13 aromatic rings. The number of hydrogen-bond acceptors (Lipinski definition) is 5. The van der Waals surface area contributed by atoms with Gasteiger partial charge in [-0.3, -0.25) is 0 Å². The normalized spacial score (nSPS) is 13.9. The van der Waals surface area contributed by atoms with E-state index in [4.69, 9.17) is 18.8 Å². The lowest BCUT2D eigenvalue weighted by molar-refractivity contribution is 0.655. The van der Waals surface area contributed by atoms with E-state index in [1.54, 1.807) is 0 Å². The third-order valence-electron chi connectivity index (χ3n) is 13.7. The van der Waals surface area contributed by atoms with Crippen LogP contribution in [-0.2, 0) is 0 Å². The second-order valence-corrected chi connectivity index (χ2v) is 17.7. The molecule has 0 radical (unpaired) electrons. The summed E-state index contributed by atoms with van der Waals surface area (Å²) in [5.74, 6) is 1.40. The molecule has 14 rings (SSSR count). The maximum atomic E-state index is 7.44. The smallest absolute Gasteiger partial charge is 0.159 e. The number of hydrogen-bond donors (Lipinski definition) is 1. The van der Waals surface area contributed by atoms with Gasteiger partial charge in [0.1, 0.15) is 28.8 Å². The summed E-state index contributed by atoms with van der Waals surface area (Å²) in [5.41, 5.74) is 15.8. The highest BCUT2D eigenvalue weighted by Crippen LogP contribution is 2.46. The van der Waals surface area contributed by atoms with Gasteiger partial charge in [0.2, 0.25) is 0 Å². The zero-order chi connectivity index (χ0) is 45.4. The maximum absolute atomic E-state index is 7.44. The molecular formula is C63H40N4O2. The topological polar surface area (TPSA) is 68.0 Å². The van der Waals surface area contributed by atoms with Crippen molar-refractivity contribution in [2.75, 3.05) is 0 Å². The molecule has 6 nitrogen and oxygen atoms in total. The van der Waals surface area contributed by atoms with E-state index in [0.717, 1.165) is 94.3 Å². The molecule has 0 amide bonds. The molecular weight excluding hydrogens is 845 g/mol. The van der Waals surface area contributed by atoms with Crippen molar-refractivity contribution in [3.8, 4) is 39.1 Å². The minimum Gasteiger partial charge on any atom is -0.456 e. The van der Waals surface area contributed by atoms with Gasteiger partial charge >= 0.3 is 0 Å². The third-order valence-corrected chi connectivity index (χ3v) is 13.7. The zero-order valence-corrected chi connectivity index (χ0v) is 37.2. The Balaban J connectivity index is 1.02. The van der Waals surface area contributed by atoms with Gasteiger partial charge in [0.05, 0.1) is 16.7 Å². The molecule has 1 N–H and O–H groups in total. The summed E-state index contributed by atoms with van der Waals surface area (Å²) < 4.78 is 16.4. The highest BCUT2D eigenvalue weighted by molar-refractivity contribution is 6.17. The molecule has 1 atom stereocenters. The van der Waals surface area contributed by atoms with Gasteiger partial charge in [-0.25, -0.2) is 9.98 Å². The van der Waals surface area contributed by atoms with Gasteiger partial charge in [0, 0.05) is 54.6 Å². The molecule has 69 heavy (non-hydrogen) atoms. The lowest BCUT2D eigenvalue weighted by Gasteiger charge is -2.25. The van der Waals surface area contributed by atoms with Crippen molar-refractivity contribution < 1.29 is 8.83 Å². The number of para-hydroxylation sites is 2. The number of aliphatic imine (C=N–C) groups is 2. The van der Waals surface area contributed by atoms with Crippen molar-refractivity contribution in [1.29, 1.82) is 0 Å². The van der Waals surface area contributed by atoms with E-state index in [1.165, 1.54) is 33.0 Å². The molecule has 0 aliphatic carbocycles. The number of nitrogens with one attached hydrogen (secondary N) is 1. The number of furan rings is 2. The highest BCUT2D eigenvalue weighted by atomic mass is 16.3.